The van der Waals surface area contributed by atoms with Gasteiger partial charge in [0.25, 0.3) is 0 Å². The van der Waals surface area contributed by atoms with E-state index >= 15 is 0 Å². The quantitative estimate of drug-likeness (QED) is 0.591. The zero-order valence-electron chi connectivity index (χ0n) is 12.4. The largest absolute Gasteiger partial charge is 0.476 e. The molecule has 0 saturated heterocycles. The number of hydrogen-bond acceptors (Lipinski definition) is 4. The SMILES string of the molecule is CCc1nnc(OCCC2CCC2)c(C(=N)N)c1CC. The minimum atomic E-state index is 0.0186. The molecule has 1 saturated carbocycles. The fourth-order valence-corrected chi connectivity index (χ4v) is 2.64. The number of rotatable bonds is 7. The second-order valence-electron chi connectivity index (χ2n) is 5.36. The number of amidine groups is 1. The molecule has 1 aliphatic rings. The number of hydrogen-bond donors (Lipinski definition) is 2. The summed E-state index contributed by atoms with van der Waals surface area (Å²) in [4.78, 5) is 0. The molecule has 1 heterocycles. The van der Waals surface area contributed by atoms with Crippen molar-refractivity contribution in [2.75, 3.05) is 6.61 Å². The van der Waals surface area contributed by atoms with Gasteiger partial charge in [0.15, 0.2) is 0 Å². The number of nitrogen functional groups attached to an aromatic ring is 1. The highest BCUT2D eigenvalue weighted by Gasteiger charge is 2.20. The number of ether oxygens (including phenoxy) is 1. The fourth-order valence-electron chi connectivity index (χ4n) is 2.64. The Morgan fingerprint density at radius 1 is 1.30 bits per heavy atom. The third kappa shape index (κ3) is 3.08. The Labute approximate surface area is 120 Å². The van der Waals surface area contributed by atoms with Crippen molar-refractivity contribution >= 4 is 5.84 Å². The highest BCUT2D eigenvalue weighted by Crippen LogP contribution is 2.29. The van der Waals surface area contributed by atoms with Gasteiger partial charge in [0.05, 0.1) is 17.9 Å². The third-order valence-corrected chi connectivity index (χ3v) is 4.07. The maximum atomic E-state index is 7.79. The molecule has 1 aromatic heterocycles. The zero-order chi connectivity index (χ0) is 14.5. The van der Waals surface area contributed by atoms with Crippen LogP contribution in [-0.2, 0) is 12.8 Å². The molecular formula is C15H24N4O. The Morgan fingerprint density at radius 2 is 2.05 bits per heavy atom. The first-order valence-electron chi connectivity index (χ1n) is 7.52. The molecule has 0 bridgehead atoms. The summed E-state index contributed by atoms with van der Waals surface area (Å²) >= 11 is 0. The van der Waals surface area contributed by atoms with E-state index in [0.29, 0.717) is 18.1 Å². The van der Waals surface area contributed by atoms with Crippen LogP contribution in [0.1, 0.15) is 56.4 Å². The van der Waals surface area contributed by atoms with E-state index in [0.717, 1.165) is 36.4 Å². The first kappa shape index (κ1) is 14.8. The van der Waals surface area contributed by atoms with Crippen molar-refractivity contribution in [3.8, 4) is 5.88 Å². The number of nitrogens with two attached hydrogens (primary N) is 1. The predicted octanol–water partition coefficient (Wildman–Crippen LogP) is 2.45. The minimum Gasteiger partial charge on any atom is -0.476 e. The molecule has 0 aromatic carbocycles. The van der Waals surface area contributed by atoms with E-state index in [2.05, 4.69) is 10.2 Å². The molecule has 0 amide bonds. The van der Waals surface area contributed by atoms with Gasteiger partial charge in [-0.3, -0.25) is 5.41 Å². The van der Waals surface area contributed by atoms with Gasteiger partial charge >= 0.3 is 0 Å². The Hall–Kier alpha value is -1.65. The van der Waals surface area contributed by atoms with Gasteiger partial charge in [-0.2, -0.15) is 5.10 Å². The van der Waals surface area contributed by atoms with E-state index in [-0.39, 0.29) is 5.84 Å². The Balaban J connectivity index is 2.15. The molecule has 0 atom stereocenters. The summed E-state index contributed by atoms with van der Waals surface area (Å²) in [5.74, 6) is 1.24. The fraction of sp³-hybridized carbons (Fsp3) is 0.667. The molecule has 110 valence electrons. The van der Waals surface area contributed by atoms with Crippen LogP contribution in [0.15, 0.2) is 0 Å². The molecule has 2 rings (SSSR count). The molecule has 5 heteroatoms. The second-order valence-corrected chi connectivity index (χ2v) is 5.36. The van der Waals surface area contributed by atoms with Crippen molar-refractivity contribution in [3.05, 3.63) is 16.8 Å². The van der Waals surface area contributed by atoms with E-state index in [1.54, 1.807) is 0 Å². The number of nitrogens with zero attached hydrogens (tertiary/aromatic N) is 2. The van der Waals surface area contributed by atoms with E-state index in [1.807, 2.05) is 13.8 Å². The van der Waals surface area contributed by atoms with E-state index in [9.17, 15) is 0 Å². The zero-order valence-corrected chi connectivity index (χ0v) is 12.4. The van der Waals surface area contributed by atoms with Crippen LogP contribution in [0.2, 0.25) is 0 Å². The summed E-state index contributed by atoms with van der Waals surface area (Å²) in [6, 6.07) is 0. The summed E-state index contributed by atoms with van der Waals surface area (Å²) < 4.78 is 5.75. The van der Waals surface area contributed by atoms with Gasteiger partial charge in [-0.05, 0) is 30.7 Å². The minimum absolute atomic E-state index is 0.0186. The lowest BCUT2D eigenvalue weighted by Crippen LogP contribution is -2.20. The standard InChI is InChI=1S/C15H24N4O/c1-3-11-12(4-2)18-19-15(13(11)14(16)17)20-9-8-10-6-5-7-10/h10H,3-9H2,1-2H3,(H3,16,17). The molecule has 0 spiro atoms. The van der Waals surface area contributed by atoms with E-state index < -0.39 is 0 Å². The Morgan fingerprint density at radius 3 is 2.55 bits per heavy atom. The van der Waals surface area contributed by atoms with Crippen molar-refractivity contribution in [2.24, 2.45) is 11.7 Å². The summed E-state index contributed by atoms with van der Waals surface area (Å²) in [5, 5.41) is 16.1. The van der Waals surface area contributed by atoms with Crippen molar-refractivity contribution in [1.82, 2.24) is 10.2 Å². The summed E-state index contributed by atoms with van der Waals surface area (Å²) in [6.07, 6.45) is 6.59. The van der Waals surface area contributed by atoms with Gasteiger partial charge in [-0.25, -0.2) is 0 Å². The summed E-state index contributed by atoms with van der Waals surface area (Å²) in [5.41, 5.74) is 8.25. The topological polar surface area (TPSA) is 84.9 Å². The average molecular weight is 276 g/mol. The maximum absolute atomic E-state index is 7.79. The summed E-state index contributed by atoms with van der Waals surface area (Å²) in [6.45, 7) is 4.71. The van der Waals surface area contributed by atoms with E-state index in [4.69, 9.17) is 15.9 Å². The van der Waals surface area contributed by atoms with Gasteiger partial charge in [-0.15, -0.1) is 5.10 Å². The molecule has 0 radical (unpaired) electrons. The predicted molar refractivity (Wildman–Crippen MR) is 79.3 cm³/mol. The summed E-state index contributed by atoms with van der Waals surface area (Å²) in [7, 11) is 0. The lowest BCUT2D eigenvalue weighted by Gasteiger charge is -2.25. The normalized spacial score (nSPS) is 14.9. The molecule has 1 fully saturated rings. The van der Waals surface area contributed by atoms with Gasteiger partial charge in [0, 0.05) is 0 Å². The Bertz CT molecular complexity index is 483. The van der Waals surface area contributed by atoms with Crippen LogP contribution in [0.25, 0.3) is 0 Å². The Kier molecular flexibility index (Phi) is 4.93. The van der Waals surface area contributed by atoms with Gasteiger partial charge in [-0.1, -0.05) is 33.1 Å². The molecule has 1 aliphatic carbocycles. The van der Waals surface area contributed by atoms with Crippen LogP contribution in [0.4, 0.5) is 0 Å². The number of aromatic nitrogens is 2. The van der Waals surface area contributed by atoms with Crippen LogP contribution in [0, 0.1) is 11.3 Å². The molecule has 0 aliphatic heterocycles. The van der Waals surface area contributed by atoms with Crippen LogP contribution < -0.4 is 10.5 Å². The molecule has 3 N–H and O–H groups in total. The first-order chi connectivity index (χ1) is 9.67. The molecular weight excluding hydrogens is 252 g/mol. The van der Waals surface area contributed by atoms with Crippen molar-refractivity contribution < 1.29 is 4.74 Å². The van der Waals surface area contributed by atoms with E-state index in [1.165, 1.54) is 19.3 Å². The smallest absolute Gasteiger partial charge is 0.244 e. The molecule has 0 unspecified atom stereocenters. The van der Waals surface area contributed by atoms with Crippen molar-refractivity contribution in [3.63, 3.8) is 0 Å². The maximum Gasteiger partial charge on any atom is 0.244 e. The van der Waals surface area contributed by atoms with Gasteiger partial charge in [0.1, 0.15) is 5.84 Å². The highest BCUT2D eigenvalue weighted by atomic mass is 16.5. The van der Waals surface area contributed by atoms with Crippen molar-refractivity contribution in [1.29, 1.82) is 5.41 Å². The van der Waals surface area contributed by atoms with Gasteiger partial charge in [0.2, 0.25) is 5.88 Å². The number of nitrogens with one attached hydrogen (secondary N) is 1. The highest BCUT2D eigenvalue weighted by molar-refractivity contribution is 5.98. The lowest BCUT2D eigenvalue weighted by molar-refractivity contribution is 0.215. The lowest BCUT2D eigenvalue weighted by atomic mass is 9.83. The van der Waals surface area contributed by atoms with Gasteiger partial charge < -0.3 is 10.5 Å². The van der Waals surface area contributed by atoms with Crippen LogP contribution >= 0.6 is 0 Å². The van der Waals surface area contributed by atoms with Crippen LogP contribution in [0.5, 0.6) is 5.88 Å². The van der Waals surface area contributed by atoms with Crippen LogP contribution in [0.3, 0.4) is 0 Å². The molecule has 1 aromatic rings. The second kappa shape index (κ2) is 6.68. The molecule has 5 nitrogen and oxygen atoms in total. The van der Waals surface area contributed by atoms with Crippen molar-refractivity contribution in [2.45, 2.75) is 52.4 Å². The first-order valence-corrected chi connectivity index (χ1v) is 7.52. The monoisotopic (exact) mass is 276 g/mol. The third-order valence-electron chi connectivity index (χ3n) is 4.07. The number of aryl methyl sites for hydroxylation is 1. The van der Waals surface area contributed by atoms with Crippen LogP contribution in [-0.4, -0.2) is 22.6 Å². The average Bonchev–Trinajstić information content (AvgIpc) is 2.40. The molecule has 20 heavy (non-hydrogen) atoms.